The Labute approximate surface area is 113 Å². The first kappa shape index (κ1) is 13.0. The Morgan fingerprint density at radius 2 is 1.89 bits per heavy atom. The van der Waals surface area contributed by atoms with Crippen molar-refractivity contribution >= 4 is 12.1 Å². The van der Waals surface area contributed by atoms with Crippen LogP contribution in [-0.2, 0) is 0 Å². The number of rotatable bonds is 3. The molecule has 0 aliphatic heterocycles. The van der Waals surface area contributed by atoms with E-state index < -0.39 is 0 Å². The van der Waals surface area contributed by atoms with E-state index in [0.717, 1.165) is 16.7 Å². The number of nitrogens with one attached hydrogen (secondary N) is 1. The summed E-state index contributed by atoms with van der Waals surface area (Å²) in [4.78, 5) is 11.9. The first-order valence-corrected chi connectivity index (χ1v) is 6.12. The van der Waals surface area contributed by atoms with Crippen LogP contribution in [0.1, 0.15) is 27.0 Å². The van der Waals surface area contributed by atoms with Gasteiger partial charge in [-0.2, -0.15) is 5.10 Å². The van der Waals surface area contributed by atoms with Crippen molar-refractivity contribution in [3.8, 4) is 0 Å². The summed E-state index contributed by atoms with van der Waals surface area (Å²) in [5.74, 6) is -0.193. The summed E-state index contributed by atoms with van der Waals surface area (Å²) < 4.78 is 0. The second-order valence-electron chi connectivity index (χ2n) is 4.43. The Bertz CT molecular complexity index is 618. The van der Waals surface area contributed by atoms with E-state index in [1.54, 1.807) is 12.3 Å². The van der Waals surface area contributed by atoms with Gasteiger partial charge in [-0.15, -0.1) is 0 Å². The summed E-state index contributed by atoms with van der Waals surface area (Å²) in [5, 5.41) is 3.98. The van der Waals surface area contributed by atoms with Gasteiger partial charge in [-0.25, -0.2) is 5.43 Å². The summed E-state index contributed by atoms with van der Waals surface area (Å²) in [5.41, 5.74) is 6.24. The lowest BCUT2D eigenvalue weighted by Gasteiger charge is -2.03. The number of amides is 1. The standard InChI is InChI=1S/C16H16N2O/c1-12-6-5-8-14(10-12)11-17-18-16(19)15-9-4-3-7-13(15)2/h3-11H,1-2H3,(H,18,19)/b17-11-. The fourth-order valence-corrected chi connectivity index (χ4v) is 1.80. The lowest BCUT2D eigenvalue weighted by Crippen LogP contribution is -2.18. The van der Waals surface area contributed by atoms with Crippen LogP contribution in [0, 0.1) is 13.8 Å². The molecule has 1 N–H and O–H groups in total. The summed E-state index contributed by atoms with van der Waals surface area (Å²) in [6.07, 6.45) is 1.64. The zero-order chi connectivity index (χ0) is 13.7. The van der Waals surface area contributed by atoms with Crippen molar-refractivity contribution in [3.05, 3.63) is 70.8 Å². The smallest absolute Gasteiger partial charge is 0.267 e. The third-order valence-electron chi connectivity index (χ3n) is 2.81. The van der Waals surface area contributed by atoms with Crippen LogP contribution in [0.15, 0.2) is 53.6 Å². The average molecular weight is 252 g/mol. The van der Waals surface area contributed by atoms with Crippen LogP contribution in [0.3, 0.4) is 0 Å². The largest absolute Gasteiger partial charge is 0.271 e. The third kappa shape index (κ3) is 3.52. The Kier molecular flexibility index (Phi) is 4.08. The highest BCUT2D eigenvalue weighted by atomic mass is 16.2. The van der Waals surface area contributed by atoms with E-state index in [0.29, 0.717) is 5.56 Å². The Morgan fingerprint density at radius 3 is 2.63 bits per heavy atom. The molecule has 2 aromatic rings. The SMILES string of the molecule is Cc1cccc(/C=N\NC(=O)c2ccccc2C)c1. The van der Waals surface area contributed by atoms with Gasteiger partial charge in [-0.3, -0.25) is 4.79 Å². The molecule has 0 radical (unpaired) electrons. The molecule has 0 bridgehead atoms. The number of hydrazone groups is 1. The van der Waals surface area contributed by atoms with Gasteiger partial charge in [0.15, 0.2) is 0 Å². The molecule has 19 heavy (non-hydrogen) atoms. The van der Waals surface area contributed by atoms with Crippen LogP contribution in [0.2, 0.25) is 0 Å². The molecule has 1 amide bonds. The normalized spacial score (nSPS) is 10.6. The number of carbonyl (C=O) groups is 1. The molecule has 0 aromatic heterocycles. The van der Waals surface area contributed by atoms with Crippen LogP contribution < -0.4 is 5.43 Å². The molecule has 2 aromatic carbocycles. The van der Waals surface area contributed by atoms with E-state index in [2.05, 4.69) is 10.5 Å². The van der Waals surface area contributed by atoms with Crippen molar-refractivity contribution in [1.29, 1.82) is 0 Å². The number of aryl methyl sites for hydroxylation is 2. The molecule has 3 heteroatoms. The van der Waals surface area contributed by atoms with Gasteiger partial charge in [0.2, 0.25) is 0 Å². The molecule has 0 heterocycles. The predicted molar refractivity (Wildman–Crippen MR) is 77.4 cm³/mol. The first-order chi connectivity index (χ1) is 9.16. The maximum absolute atomic E-state index is 11.9. The number of benzene rings is 2. The molecule has 2 rings (SSSR count). The molecule has 0 fully saturated rings. The molecular formula is C16H16N2O. The Balaban J connectivity index is 2.03. The van der Waals surface area contributed by atoms with Crippen LogP contribution >= 0.6 is 0 Å². The van der Waals surface area contributed by atoms with Crippen LogP contribution in [0.4, 0.5) is 0 Å². The summed E-state index contributed by atoms with van der Waals surface area (Å²) >= 11 is 0. The van der Waals surface area contributed by atoms with Crippen LogP contribution in [0.25, 0.3) is 0 Å². The summed E-state index contributed by atoms with van der Waals surface area (Å²) in [7, 11) is 0. The molecule has 0 saturated carbocycles. The lowest BCUT2D eigenvalue weighted by atomic mass is 10.1. The van der Waals surface area contributed by atoms with Gasteiger partial charge in [-0.1, -0.05) is 48.0 Å². The van der Waals surface area contributed by atoms with E-state index >= 15 is 0 Å². The van der Waals surface area contributed by atoms with Gasteiger partial charge in [0.1, 0.15) is 0 Å². The fraction of sp³-hybridized carbons (Fsp3) is 0.125. The highest BCUT2D eigenvalue weighted by Gasteiger charge is 2.05. The van der Waals surface area contributed by atoms with Gasteiger partial charge < -0.3 is 0 Å². The second-order valence-corrected chi connectivity index (χ2v) is 4.43. The number of nitrogens with zero attached hydrogens (tertiary/aromatic N) is 1. The van der Waals surface area contributed by atoms with Crippen molar-refractivity contribution in [2.45, 2.75) is 13.8 Å². The molecule has 0 saturated heterocycles. The van der Waals surface area contributed by atoms with E-state index in [9.17, 15) is 4.79 Å². The lowest BCUT2D eigenvalue weighted by molar-refractivity contribution is 0.0954. The second kappa shape index (κ2) is 5.96. The van der Waals surface area contributed by atoms with Crippen molar-refractivity contribution in [2.24, 2.45) is 5.10 Å². The minimum atomic E-state index is -0.193. The molecule has 96 valence electrons. The Morgan fingerprint density at radius 1 is 1.11 bits per heavy atom. The maximum Gasteiger partial charge on any atom is 0.271 e. The van der Waals surface area contributed by atoms with Gasteiger partial charge in [0, 0.05) is 5.56 Å². The van der Waals surface area contributed by atoms with Gasteiger partial charge in [-0.05, 0) is 31.0 Å². The molecule has 0 spiro atoms. The number of hydrogen-bond donors (Lipinski definition) is 1. The molecular weight excluding hydrogens is 236 g/mol. The van der Waals surface area contributed by atoms with Crippen molar-refractivity contribution in [2.75, 3.05) is 0 Å². The van der Waals surface area contributed by atoms with E-state index in [1.807, 2.05) is 56.3 Å². The molecule has 0 unspecified atom stereocenters. The topological polar surface area (TPSA) is 41.5 Å². The van der Waals surface area contributed by atoms with Crippen molar-refractivity contribution in [3.63, 3.8) is 0 Å². The quantitative estimate of drug-likeness (QED) is 0.662. The average Bonchev–Trinajstić information content (AvgIpc) is 2.39. The monoisotopic (exact) mass is 252 g/mol. The zero-order valence-electron chi connectivity index (χ0n) is 11.1. The molecule has 0 aliphatic rings. The van der Waals surface area contributed by atoms with Gasteiger partial charge >= 0.3 is 0 Å². The molecule has 0 aliphatic carbocycles. The third-order valence-corrected chi connectivity index (χ3v) is 2.81. The zero-order valence-corrected chi connectivity index (χ0v) is 11.1. The predicted octanol–water partition coefficient (Wildman–Crippen LogP) is 3.07. The van der Waals surface area contributed by atoms with Gasteiger partial charge in [0.25, 0.3) is 5.91 Å². The van der Waals surface area contributed by atoms with E-state index in [4.69, 9.17) is 0 Å². The van der Waals surface area contributed by atoms with E-state index in [-0.39, 0.29) is 5.91 Å². The van der Waals surface area contributed by atoms with Crippen LogP contribution in [0.5, 0.6) is 0 Å². The highest BCUT2D eigenvalue weighted by Crippen LogP contribution is 2.06. The summed E-state index contributed by atoms with van der Waals surface area (Å²) in [6, 6.07) is 15.4. The van der Waals surface area contributed by atoms with E-state index in [1.165, 1.54) is 0 Å². The summed E-state index contributed by atoms with van der Waals surface area (Å²) in [6.45, 7) is 3.92. The molecule has 0 atom stereocenters. The first-order valence-electron chi connectivity index (χ1n) is 6.12. The Hall–Kier alpha value is -2.42. The number of carbonyl (C=O) groups excluding carboxylic acids is 1. The van der Waals surface area contributed by atoms with Gasteiger partial charge in [0.05, 0.1) is 6.21 Å². The fourth-order valence-electron chi connectivity index (χ4n) is 1.80. The van der Waals surface area contributed by atoms with Crippen molar-refractivity contribution < 1.29 is 4.79 Å². The van der Waals surface area contributed by atoms with Crippen LogP contribution in [-0.4, -0.2) is 12.1 Å². The highest BCUT2D eigenvalue weighted by molar-refractivity contribution is 5.96. The minimum absolute atomic E-state index is 0.193. The minimum Gasteiger partial charge on any atom is -0.267 e. The molecule has 3 nitrogen and oxygen atoms in total. The number of hydrogen-bond acceptors (Lipinski definition) is 2. The van der Waals surface area contributed by atoms with Crippen molar-refractivity contribution in [1.82, 2.24) is 5.43 Å². The maximum atomic E-state index is 11.9.